The van der Waals surface area contributed by atoms with E-state index in [1.807, 2.05) is 0 Å². The number of halogens is 3. The molecule has 4 N–H and O–H groups in total. The van der Waals surface area contributed by atoms with Crippen molar-refractivity contribution in [3.8, 4) is 0 Å². The zero-order valence-electron chi connectivity index (χ0n) is 16.7. The van der Waals surface area contributed by atoms with Gasteiger partial charge in [0, 0.05) is 36.9 Å². The number of pyridine rings is 2. The van der Waals surface area contributed by atoms with Crippen LogP contribution in [-0.4, -0.2) is 28.8 Å². The zero-order chi connectivity index (χ0) is 22.9. The number of alkyl halides is 3. The first-order chi connectivity index (χ1) is 15.2. The molecule has 3 aromatic rings. The van der Waals surface area contributed by atoms with Gasteiger partial charge in [0.2, 0.25) is 5.91 Å². The summed E-state index contributed by atoms with van der Waals surface area (Å²) in [6.45, 7) is 0. The lowest BCUT2D eigenvalue weighted by Gasteiger charge is -2.17. The SMILES string of the molecule is CNC(=O)c1cccnc1Nc1cc(Nc2ccc3c(c2)NC(=O)C3)ncc1C(F)(F)F. The lowest BCUT2D eigenvalue weighted by atomic mass is 10.1. The van der Waals surface area contributed by atoms with Crippen molar-refractivity contribution in [3.63, 3.8) is 0 Å². The van der Waals surface area contributed by atoms with E-state index in [4.69, 9.17) is 0 Å². The molecule has 2 amide bonds. The summed E-state index contributed by atoms with van der Waals surface area (Å²) in [6, 6.07) is 9.26. The molecule has 1 aliphatic rings. The number of hydrogen-bond acceptors (Lipinski definition) is 6. The van der Waals surface area contributed by atoms with Crippen molar-refractivity contribution in [2.24, 2.45) is 0 Å². The van der Waals surface area contributed by atoms with Crippen molar-refractivity contribution in [3.05, 3.63) is 65.5 Å². The van der Waals surface area contributed by atoms with Crippen LogP contribution in [-0.2, 0) is 17.4 Å². The second-order valence-electron chi connectivity index (χ2n) is 6.94. The maximum Gasteiger partial charge on any atom is 0.419 e. The van der Waals surface area contributed by atoms with Gasteiger partial charge < -0.3 is 21.3 Å². The van der Waals surface area contributed by atoms with Gasteiger partial charge in [-0.2, -0.15) is 13.2 Å². The number of amides is 2. The maximum absolute atomic E-state index is 13.6. The molecule has 11 heteroatoms. The van der Waals surface area contributed by atoms with Crippen LogP contribution >= 0.6 is 0 Å². The molecule has 0 atom stereocenters. The van der Waals surface area contributed by atoms with E-state index in [9.17, 15) is 22.8 Å². The van der Waals surface area contributed by atoms with Crippen molar-refractivity contribution >= 4 is 40.5 Å². The quantitative estimate of drug-likeness (QED) is 0.478. The van der Waals surface area contributed by atoms with Crippen molar-refractivity contribution in [1.82, 2.24) is 15.3 Å². The highest BCUT2D eigenvalue weighted by atomic mass is 19.4. The Labute approximate surface area is 180 Å². The first kappa shape index (κ1) is 21.1. The third-order valence-electron chi connectivity index (χ3n) is 4.75. The molecular weight excluding hydrogens is 425 g/mol. The topological polar surface area (TPSA) is 108 Å². The Bertz CT molecular complexity index is 1210. The van der Waals surface area contributed by atoms with Gasteiger partial charge in [0.1, 0.15) is 11.6 Å². The van der Waals surface area contributed by atoms with Gasteiger partial charge in [-0.25, -0.2) is 9.97 Å². The van der Waals surface area contributed by atoms with Crippen LogP contribution in [0.1, 0.15) is 21.5 Å². The summed E-state index contributed by atoms with van der Waals surface area (Å²) in [4.78, 5) is 31.5. The van der Waals surface area contributed by atoms with Crippen LogP contribution in [0.4, 0.5) is 41.9 Å². The summed E-state index contributed by atoms with van der Waals surface area (Å²) in [7, 11) is 1.41. The molecule has 0 saturated carbocycles. The molecule has 3 heterocycles. The molecule has 0 spiro atoms. The van der Waals surface area contributed by atoms with Crippen LogP contribution in [0, 0.1) is 0 Å². The van der Waals surface area contributed by atoms with Crippen LogP contribution in [0.25, 0.3) is 0 Å². The van der Waals surface area contributed by atoms with Gasteiger partial charge in [0.25, 0.3) is 5.91 Å². The second-order valence-corrected chi connectivity index (χ2v) is 6.94. The smallest absolute Gasteiger partial charge is 0.355 e. The Balaban J connectivity index is 1.68. The van der Waals surface area contributed by atoms with Crippen molar-refractivity contribution in [2.75, 3.05) is 23.0 Å². The molecule has 164 valence electrons. The number of carbonyl (C=O) groups is 2. The Morgan fingerprint density at radius 3 is 2.69 bits per heavy atom. The molecule has 1 aromatic carbocycles. The number of nitrogens with one attached hydrogen (secondary N) is 4. The molecular formula is C21H17F3N6O2. The van der Waals surface area contributed by atoms with Gasteiger partial charge in [-0.05, 0) is 29.8 Å². The summed E-state index contributed by atoms with van der Waals surface area (Å²) in [6.07, 6.45) is -2.35. The van der Waals surface area contributed by atoms with Gasteiger partial charge in [0.05, 0.1) is 23.2 Å². The van der Waals surface area contributed by atoms with Crippen LogP contribution in [0.5, 0.6) is 0 Å². The van der Waals surface area contributed by atoms with E-state index in [1.54, 1.807) is 18.2 Å². The minimum atomic E-state index is -4.69. The summed E-state index contributed by atoms with van der Waals surface area (Å²) in [5.41, 5.74) is 0.747. The first-order valence-corrected chi connectivity index (χ1v) is 9.46. The Morgan fingerprint density at radius 1 is 1.12 bits per heavy atom. The van der Waals surface area contributed by atoms with Crippen LogP contribution in [0.2, 0.25) is 0 Å². The van der Waals surface area contributed by atoms with Gasteiger partial charge in [0.15, 0.2) is 0 Å². The monoisotopic (exact) mass is 442 g/mol. The molecule has 1 aliphatic heterocycles. The van der Waals surface area contributed by atoms with Gasteiger partial charge in [-0.15, -0.1) is 0 Å². The van der Waals surface area contributed by atoms with Crippen molar-refractivity contribution in [2.45, 2.75) is 12.6 Å². The molecule has 2 aromatic heterocycles. The van der Waals surface area contributed by atoms with E-state index in [-0.39, 0.29) is 35.2 Å². The predicted octanol–water partition coefficient (Wildman–Crippen LogP) is 3.84. The standard InChI is InChI=1S/C21H17F3N6O2/c1-25-20(32)13-3-2-6-26-19(13)30-16-9-17(27-10-14(16)21(22,23)24)28-12-5-4-11-7-18(31)29-15(11)8-12/h2-6,8-10H,7H2,1H3,(H,25,32)(H,29,31)(H2,26,27,28,30). The predicted molar refractivity (Wildman–Crippen MR) is 112 cm³/mol. The van der Waals surface area contributed by atoms with E-state index in [0.717, 1.165) is 5.56 Å². The average Bonchev–Trinajstić information content (AvgIpc) is 3.12. The first-order valence-electron chi connectivity index (χ1n) is 9.46. The summed E-state index contributed by atoms with van der Waals surface area (Å²) in [5, 5.41) is 10.7. The minimum absolute atomic E-state index is 0.0326. The highest BCUT2D eigenvalue weighted by Crippen LogP contribution is 2.37. The summed E-state index contributed by atoms with van der Waals surface area (Å²) in [5.74, 6) is -0.530. The third-order valence-corrected chi connectivity index (χ3v) is 4.75. The molecule has 8 nitrogen and oxygen atoms in total. The number of hydrogen-bond donors (Lipinski definition) is 4. The van der Waals surface area contributed by atoms with E-state index < -0.39 is 17.6 Å². The minimum Gasteiger partial charge on any atom is -0.355 e. The van der Waals surface area contributed by atoms with Gasteiger partial charge in [-0.1, -0.05) is 6.07 Å². The molecule has 0 fully saturated rings. The average molecular weight is 442 g/mol. The number of fused-ring (bicyclic) bond motifs is 1. The number of nitrogens with zero attached hydrogens (tertiary/aromatic N) is 2. The maximum atomic E-state index is 13.6. The largest absolute Gasteiger partial charge is 0.419 e. The normalized spacial score (nSPS) is 12.7. The van der Waals surface area contributed by atoms with Crippen molar-refractivity contribution in [1.29, 1.82) is 0 Å². The van der Waals surface area contributed by atoms with Crippen molar-refractivity contribution < 1.29 is 22.8 Å². The second kappa shape index (κ2) is 8.17. The number of anilines is 5. The lowest BCUT2D eigenvalue weighted by molar-refractivity contribution is -0.137. The van der Waals surface area contributed by atoms with Gasteiger partial charge >= 0.3 is 6.18 Å². The fourth-order valence-electron chi connectivity index (χ4n) is 3.24. The highest BCUT2D eigenvalue weighted by molar-refractivity contribution is 6.00. The summed E-state index contributed by atoms with van der Waals surface area (Å²) < 4.78 is 40.7. The third kappa shape index (κ3) is 4.31. The fourth-order valence-corrected chi connectivity index (χ4v) is 3.24. The fraction of sp³-hybridized carbons (Fsp3) is 0.143. The Hall–Kier alpha value is -4.15. The Kier molecular flexibility index (Phi) is 5.39. The number of carbonyl (C=O) groups excluding carboxylic acids is 2. The summed E-state index contributed by atoms with van der Waals surface area (Å²) >= 11 is 0. The Morgan fingerprint density at radius 2 is 1.94 bits per heavy atom. The molecule has 0 unspecified atom stereocenters. The molecule has 0 aliphatic carbocycles. The molecule has 0 bridgehead atoms. The molecule has 4 rings (SSSR count). The lowest BCUT2D eigenvalue weighted by Crippen LogP contribution is -2.20. The van der Waals surface area contributed by atoms with E-state index >= 15 is 0 Å². The number of rotatable bonds is 5. The van der Waals surface area contributed by atoms with E-state index in [1.165, 1.54) is 31.4 Å². The zero-order valence-corrected chi connectivity index (χ0v) is 16.7. The number of benzene rings is 1. The van der Waals surface area contributed by atoms with Crippen LogP contribution in [0.15, 0.2) is 48.8 Å². The molecule has 32 heavy (non-hydrogen) atoms. The van der Waals surface area contributed by atoms with E-state index in [2.05, 4.69) is 31.2 Å². The number of aromatic nitrogens is 2. The van der Waals surface area contributed by atoms with Gasteiger partial charge in [-0.3, -0.25) is 9.59 Å². The van der Waals surface area contributed by atoms with Crippen LogP contribution in [0.3, 0.4) is 0 Å². The molecule has 0 radical (unpaired) electrons. The molecule has 0 saturated heterocycles. The highest BCUT2D eigenvalue weighted by Gasteiger charge is 2.34. The van der Waals surface area contributed by atoms with Crippen LogP contribution < -0.4 is 21.3 Å². The van der Waals surface area contributed by atoms with E-state index in [0.29, 0.717) is 17.6 Å².